The Bertz CT molecular complexity index is 327. The molecule has 1 heterocycles. The summed E-state index contributed by atoms with van der Waals surface area (Å²) in [7, 11) is 0. The summed E-state index contributed by atoms with van der Waals surface area (Å²) < 4.78 is 0. The number of hydrogen-bond acceptors (Lipinski definition) is 4. The van der Waals surface area contributed by atoms with Crippen LogP contribution in [0, 0.1) is 0 Å². The summed E-state index contributed by atoms with van der Waals surface area (Å²) in [6, 6.07) is 0. The van der Waals surface area contributed by atoms with Gasteiger partial charge in [0.2, 0.25) is 11.8 Å². The summed E-state index contributed by atoms with van der Waals surface area (Å²) in [4.78, 5) is 35.2. The van der Waals surface area contributed by atoms with E-state index >= 15 is 0 Å². The predicted octanol–water partition coefficient (Wildman–Crippen LogP) is -0.821. The quantitative estimate of drug-likeness (QED) is 0.525. The number of unbranched alkanes of at least 4 members (excludes halogenated alkanes) is 1. The molecule has 3 N–H and O–H groups in total. The lowest BCUT2D eigenvalue weighted by molar-refractivity contribution is -0.137. The number of rotatable bonds is 7. The molecule has 1 saturated heterocycles. The molecule has 0 atom stereocenters. The summed E-state index contributed by atoms with van der Waals surface area (Å²) in [5.74, 6) is -1.12. The summed E-state index contributed by atoms with van der Waals surface area (Å²) in [5, 5.41) is 14.2. The second-order valence-corrected chi connectivity index (χ2v) is 4.51. The molecule has 19 heavy (non-hydrogen) atoms. The van der Waals surface area contributed by atoms with E-state index < -0.39 is 5.97 Å². The molecule has 2 amide bonds. The van der Waals surface area contributed by atoms with Gasteiger partial charge in [0.25, 0.3) is 0 Å². The molecule has 0 radical (unpaired) electrons. The van der Waals surface area contributed by atoms with E-state index in [2.05, 4.69) is 10.6 Å². The van der Waals surface area contributed by atoms with Crippen LogP contribution in [-0.4, -0.2) is 60.5 Å². The molecule has 7 heteroatoms. The molecular formula is C12H21N3O4. The zero-order chi connectivity index (χ0) is 14.1. The van der Waals surface area contributed by atoms with Crippen molar-refractivity contribution in [3.63, 3.8) is 0 Å². The van der Waals surface area contributed by atoms with Crippen LogP contribution in [0.2, 0.25) is 0 Å². The van der Waals surface area contributed by atoms with Crippen LogP contribution in [0.5, 0.6) is 0 Å². The maximum atomic E-state index is 11.7. The molecule has 0 aliphatic carbocycles. The van der Waals surface area contributed by atoms with Crippen LogP contribution in [0.1, 0.15) is 25.7 Å². The van der Waals surface area contributed by atoms with Gasteiger partial charge in [0.05, 0.1) is 6.54 Å². The van der Waals surface area contributed by atoms with E-state index in [1.165, 1.54) is 0 Å². The van der Waals surface area contributed by atoms with Crippen LogP contribution in [0.3, 0.4) is 0 Å². The minimum atomic E-state index is -0.853. The highest BCUT2D eigenvalue weighted by molar-refractivity contribution is 5.84. The molecule has 0 aromatic heterocycles. The lowest BCUT2D eigenvalue weighted by atomic mass is 10.2. The highest BCUT2D eigenvalue weighted by atomic mass is 16.4. The van der Waals surface area contributed by atoms with Crippen LogP contribution < -0.4 is 10.6 Å². The standard InChI is InChI=1S/C12H21N3O4/c16-10(3-1-2-4-12(18)19)14-9-11(17)15-7-5-13-6-8-15/h13H,1-9H2,(H,14,16)(H,18,19). The molecule has 7 nitrogen and oxygen atoms in total. The maximum absolute atomic E-state index is 11.7. The van der Waals surface area contributed by atoms with E-state index in [9.17, 15) is 14.4 Å². The summed E-state index contributed by atoms with van der Waals surface area (Å²) in [6.07, 6.45) is 1.35. The van der Waals surface area contributed by atoms with Crippen molar-refractivity contribution in [2.75, 3.05) is 32.7 Å². The van der Waals surface area contributed by atoms with Gasteiger partial charge in [0, 0.05) is 39.0 Å². The molecule has 1 aliphatic rings. The van der Waals surface area contributed by atoms with Gasteiger partial charge in [-0.15, -0.1) is 0 Å². The molecule has 0 aromatic carbocycles. The van der Waals surface area contributed by atoms with Crippen molar-refractivity contribution in [1.82, 2.24) is 15.5 Å². The zero-order valence-corrected chi connectivity index (χ0v) is 11.0. The zero-order valence-electron chi connectivity index (χ0n) is 11.0. The number of carboxylic acid groups (broad SMARTS) is 1. The smallest absolute Gasteiger partial charge is 0.303 e. The Kier molecular flexibility index (Phi) is 6.88. The fraction of sp³-hybridized carbons (Fsp3) is 0.750. The lowest BCUT2D eigenvalue weighted by Crippen LogP contribution is -2.49. The largest absolute Gasteiger partial charge is 0.481 e. The second-order valence-electron chi connectivity index (χ2n) is 4.51. The first-order valence-electron chi connectivity index (χ1n) is 6.56. The third-order valence-corrected chi connectivity index (χ3v) is 2.95. The van der Waals surface area contributed by atoms with E-state index in [0.29, 0.717) is 25.9 Å². The number of carbonyl (C=O) groups excluding carboxylic acids is 2. The van der Waals surface area contributed by atoms with Crippen molar-refractivity contribution in [3.8, 4) is 0 Å². The second kappa shape index (κ2) is 8.47. The van der Waals surface area contributed by atoms with E-state index in [0.717, 1.165) is 13.1 Å². The minimum absolute atomic E-state index is 0.0256. The number of nitrogens with zero attached hydrogens (tertiary/aromatic N) is 1. The van der Waals surface area contributed by atoms with Crippen LogP contribution in [-0.2, 0) is 14.4 Å². The monoisotopic (exact) mass is 271 g/mol. The molecule has 1 fully saturated rings. The maximum Gasteiger partial charge on any atom is 0.303 e. The van der Waals surface area contributed by atoms with Gasteiger partial charge in [-0.05, 0) is 12.8 Å². The van der Waals surface area contributed by atoms with Crippen LogP contribution >= 0.6 is 0 Å². The highest BCUT2D eigenvalue weighted by Gasteiger charge is 2.16. The molecule has 1 rings (SSSR count). The number of carbonyl (C=O) groups is 3. The van der Waals surface area contributed by atoms with E-state index in [4.69, 9.17) is 5.11 Å². The van der Waals surface area contributed by atoms with Crippen molar-refractivity contribution in [2.24, 2.45) is 0 Å². The van der Waals surface area contributed by atoms with Crippen molar-refractivity contribution < 1.29 is 19.5 Å². The lowest BCUT2D eigenvalue weighted by Gasteiger charge is -2.27. The third kappa shape index (κ3) is 6.76. The Morgan fingerprint density at radius 3 is 2.37 bits per heavy atom. The Balaban J connectivity index is 2.08. The van der Waals surface area contributed by atoms with E-state index in [1.54, 1.807) is 4.90 Å². The topological polar surface area (TPSA) is 98.7 Å². The molecule has 0 bridgehead atoms. The average molecular weight is 271 g/mol. The predicted molar refractivity (Wildman–Crippen MR) is 68.6 cm³/mol. The number of amides is 2. The van der Waals surface area contributed by atoms with Crippen molar-refractivity contribution in [2.45, 2.75) is 25.7 Å². The average Bonchev–Trinajstić information content (AvgIpc) is 2.41. The van der Waals surface area contributed by atoms with E-state index in [-0.39, 0.29) is 31.2 Å². The fourth-order valence-corrected chi connectivity index (χ4v) is 1.85. The number of carboxylic acids is 1. The van der Waals surface area contributed by atoms with Gasteiger partial charge in [0.1, 0.15) is 0 Å². The Morgan fingerprint density at radius 2 is 1.74 bits per heavy atom. The summed E-state index contributed by atoms with van der Waals surface area (Å²) in [5.41, 5.74) is 0. The highest BCUT2D eigenvalue weighted by Crippen LogP contribution is 1.99. The van der Waals surface area contributed by atoms with Crippen molar-refractivity contribution >= 4 is 17.8 Å². The Morgan fingerprint density at radius 1 is 1.11 bits per heavy atom. The van der Waals surface area contributed by atoms with Gasteiger partial charge < -0.3 is 20.6 Å². The number of nitrogens with one attached hydrogen (secondary N) is 2. The first kappa shape index (κ1) is 15.4. The summed E-state index contributed by atoms with van der Waals surface area (Å²) >= 11 is 0. The van der Waals surface area contributed by atoms with Crippen LogP contribution in [0.15, 0.2) is 0 Å². The van der Waals surface area contributed by atoms with Gasteiger partial charge in [-0.2, -0.15) is 0 Å². The van der Waals surface area contributed by atoms with Gasteiger partial charge in [0.15, 0.2) is 0 Å². The third-order valence-electron chi connectivity index (χ3n) is 2.95. The first-order chi connectivity index (χ1) is 9.09. The molecule has 0 spiro atoms. The Hall–Kier alpha value is -1.63. The molecule has 0 unspecified atom stereocenters. The first-order valence-corrected chi connectivity index (χ1v) is 6.56. The molecule has 1 aliphatic heterocycles. The SMILES string of the molecule is O=C(O)CCCCC(=O)NCC(=O)N1CCNCC1. The van der Waals surface area contributed by atoms with E-state index in [1.807, 2.05) is 0 Å². The normalized spacial score (nSPS) is 15.1. The molecule has 0 saturated carbocycles. The van der Waals surface area contributed by atoms with Gasteiger partial charge in [-0.1, -0.05) is 0 Å². The van der Waals surface area contributed by atoms with Gasteiger partial charge >= 0.3 is 5.97 Å². The molecule has 108 valence electrons. The number of aliphatic carboxylic acids is 1. The molecule has 0 aromatic rings. The van der Waals surface area contributed by atoms with Crippen LogP contribution in [0.25, 0.3) is 0 Å². The van der Waals surface area contributed by atoms with Gasteiger partial charge in [-0.3, -0.25) is 14.4 Å². The fourth-order valence-electron chi connectivity index (χ4n) is 1.85. The number of hydrogen-bond donors (Lipinski definition) is 3. The van der Waals surface area contributed by atoms with Crippen molar-refractivity contribution in [1.29, 1.82) is 0 Å². The minimum Gasteiger partial charge on any atom is -0.481 e. The van der Waals surface area contributed by atoms with Crippen molar-refractivity contribution in [3.05, 3.63) is 0 Å². The molecular weight excluding hydrogens is 250 g/mol. The van der Waals surface area contributed by atoms with Crippen LogP contribution in [0.4, 0.5) is 0 Å². The van der Waals surface area contributed by atoms with Gasteiger partial charge in [-0.25, -0.2) is 0 Å². The Labute approximate surface area is 112 Å². The number of piperazine rings is 1. The summed E-state index contributed by atoms with van der Waals surface area (Å²) in [6.45, 7) is 2.95.